The van der Waals surface area contributed by atoms with Gasteiger partial charge in [-0.25, -0.2) is 4.98 Å². The molecule has 23 heavy (non-hydrogen) atoms. The normalized spacial score (nSPS) is 19.1. The summed E-state index contributed by atoms with van der Waals surface area (Å²) in [6.45, 7) is 2.36. The van der Waals surface area contributed by atoms with Crippen molar-refractivity contribution in [3.05, 3.63) is 23.9 Å². The van der Waals surface area contributed by atoms with Gasteiger partial charge >= 0.3 is 0 Å². The Hall–Kier alpha value is -1.33. The highest BCUT2D eigenvalue weighted by Crippen LogP contribution is 2.25. The van der Waals surface area contributed by atoms with E-state index >= 15 is 0 Å². The number of pyridine rings is 1. The van der Waals surface area contributed by atoms with Crippen LogP contribution in [0.25, 0.3) is 0 Å². The van der Waals surface area contributed by atoms with Crippen molar-refractivity contribution in [3.63, 3.8) is 0 Å². The average Bonchev–Trinajstić information content (AvgIpc) is 3.07. The Bertz CT molecular complexity index is 500. The number of carbonyl (C=O) groups is 1. The summed E-state index contributed by atoms with van der Waals surface area (Å²) in [7, 11) is 0. The molecule has 0 unspecified atom stereocenters. The third kappa shape index (κ3) is 5.08. The maximum absolute atomic E-state index is 12.2. The molecule has 0 radical (unpaired) electrons. The van der Waals surface area contributed by atoms with E-state index in [1.807, 2.05) is 12.1 Å². The largest absolute Gasteiger partial charge is 0.474 e. The minimum Gasteiger partial charge on any atom is -0.474 e. The Balaban J connectivity index is 0.00000192. The monoisotopic (exact) mass is 339 g/mol. The van der Waals surface area contributed by atoms with Crippen LogP contribution in [0.5, 0.6) is 5.88 Å². The van der Waals surface area contributed by atoms with Gasteiger partial charge in [-0.2, -0.15) is 0 Å². The summed E-state index contributed by atoms with van der Waals surface area (Å²) >= 11 is 0. The van der Waals surface area contributed by atoms with Gasteiger partial charge in [0.1, 0.15) is 6.10 Å². The average molecular weight is 340 g/mol. The molecule has 2 fully saturated rings. The molecule has 1 aromatic rings. The molecule has 1 aromatic heterocycles. The van der Waals surface area contributed by atoms with Crippen LogP contribution in [0.3, 0.4) is 0 Å². The summed E-state index contributed by atoms with van der Waals surface area (Å²) < 4.78 is 6.01. The number of halogens is 1. The lowest BCUT2D eigenvalue weighted by molar-refractivity contribution is -0.125. The summed E-state index contributed by atoms with van der Waals surface area (Å²) in [5.41, 5.74) is 0.969. The van der Waals surface area contributed by atoms with E-state index in [0.29, 0.717) is 12.4 Å². The van der Waals surface area contributed by atoms with E-state index in [-0.39, 0.29) is 30.3 Å². The van der Waals surface area contributed by atoms with Gasteiger partial charge in [-0.1, -0.05) is 6.07 Å². The van der Waals surface area contributed by atoms with Crippen LogP contribution >= 0.6 is 12.4 Å². The molecule has 2 heterocycles. The highest BCUT2D eigenvalue weighted by molar-refractivity contribution is 5.85. The first kappa shape index (κ1) is 18.0. The van der Waals surface area contributed by atoms with Gasteiger partial charge < -0.3 is 15.4 Å². The van der Waals surface area contributed by atoms with Crippen molar-refractivity contribution in [1.82, 2.24) is 15.6 Å². The second-order valence-electron chi connectivity index (χ2n) is 6.23. The lowest BCUT2D eigenvalue weighted by Crippen LogP contribution is -2.38. The number of carbonyl (C=O) groups excluding carboxylic acids is 1. The SMILES string of the molecule is Cl.O=C(NCc1cccnc1OC1CCCC1)C1CCNCC1. The molecular weight excluding hydrogens is 314 g/mol. The Kier molecular flexibility index (Phi) is 7.12. The van der Waals surface area contributed by atoms with Crippen LogP contribution in [-0.4, -0.2) is 30.1 Å². The van der Waals surface area contributed by atoms with Crippen LogP contribution < -0.4 is 15.4 Å². The fourth-order valence-electron chi connectivity index (χ4n) is 3.24. The van der Waals surface area contributed by atoms with Gasteiger partial charge in [0.25, 0.3) is 0 Å². The van der Waals surface area contributed by atoms with Gasteiger partial charge in [0.05, 0.1) is 0 Å². The fourth-order valence-corrected chi connectivity index (χ4v) is 3.24. The van der Waals surface area contributed by atoms with Crippen molar-refractivity contribution in [2.24, 2.45) is 5.92 Å². The number of piperidine rings is 1. The van der Waals surface area contributed by atoms with Crippen molar-refractivity contribution >= 4 is 18.3 Å². The molecular formula is C17H26ClN3O2. The number of hydrogen-bond acceptors (Lipinski definition) is 4. The quantitative estimate of drug-likeness (QED) is 0.865. The third-order valence-electron chi connectivity index (χ3n) is 4.59. The van der Waals surface area contributed by atoms with Crippen LogP contribution in [0.1, 0.15) is 44.1 Å². The Morgan fingerprint density at radius 2 is 2.00 bits per heavy atom. The minimum atomic E-state index is 0. The second-order valence-corrected chi connectivity index (χ2v) is 6.23. The molecule has 2 aliphatic rings. The van der Waals surface area contributed by atoms with Gasteiger partial charge in [-0.3, -0.25) is 4.79 Å². The van der Waals surface area contributed by atoms with E-state index in [1.54, 1.807) is 6.20 Å². The van der Waals surface area contributed by atoms with Crippen molar-refractivity contribution in [2.45, 2.75) is 51.2 Å². The molecule has 6 heteroatoms. The summed E-state index contributed by atoms with van der Waals surface area (Å²) in [6, 6.07) is 3.88. The number of amides is 1. The van der Waals surface area contributed by atoms with Crippen LogP contribution in [0.2, 0.25) is 0 Å². The van der Waals surface area contributed by atoms with E-state index < -0.39 is 0 Å². The standard InChI is InChI=1S/C17H25N3O2.ClH/c21-16(13-7-10-18-11-8-13)20-12-14-4-3-9-19-17(14)22-15-5-1-2-6-15;/h3-4,9,13,15,18H,1-2,5-8,10-12H2,(H,20,21);1H. The molecule has 0 atom stereocenters. The molecule has 128 valence electrons. The number of nitrogens with zero attached hydrogens (tertiary/aromatic N) is 1. The van der Waals surface area contributed by atoms with Gasteiger partial charge in [-0.15, -0.1) is 12.4 Å². The summed E-state index contributed by atoms with van der Waals surface area (Å²) in [6.07, 6.45) is 8.57. The van der Waals surface area contributed by atoms with E-state index in [9.17, 15) is 4.79 Å². The smallest absolute Gasteiger partial charge is 0.223 e. The Morgan fingerprint density at radius 3 is 2.74 bits per heavy atom. The summed E-state index contributed by atoms with van der Waals surface area (Å²) in [4.78, 5) is 16.6. The van der Waals surface area contributed by atoms with Crippen molar-refractivity contribution in [2.75, 3.05) is 13.1 Å². The van der Waals surface area contributed by atoms with Crippen molar-refractivity contribution in [3.8, 4) is 5.88 Å². The summed E-state index contributed by atoms with van der Waals surface area (Å²) in [5, 5.41) is 6.33. The molecule has 0 aromatic carbocycles. The van der Waals surface area contributed by atoms with Crippen LogP contribution in [-0.2, 0) is 11.3 Å². The first-order valence-electron chi connectivity index (χ1n) is 8.42. The molecule has 1 saturated carbocycles. The zero-order chi connectivity index (χ0) is 15.2. The molecule has 1 aliphatic heterocycles. The minimum absolute atomic E-state index is 0. The molecule has 1 amide bonds. The lowest BCUT2D eigenvalue weighted by Gasteiger charge is -2.22. The molecule has 5 nitrogen and oxygen atoms in total. The van der Waals surface area contributed by atoms with Gasteiger partial charge in [0.15, 0.2) is 0 Å². The van der Waals surface area contributed by atoms with E-state index in [1.165, 1.54) is 12.8 Å². The Labute approximate surface area is 144 Å². The first-order chi connectivity index (χ1) is 10.8. The zero-order valence-electron chi connectivity index (χ0n) is 13.4. The maximum Gasteiger partial charge on any atom is 0.223 e. The van der Waals surface area contributed by atoms with Gasteiger partial charge in [-0.05, 0) is 57.7 Å². The topological polar surface area (TPSA) is 63.2 Å². The number of nitrogens with one attached hydrogen (secondary N) is 2. The Morgan fingerprint density at radius 1 is 1.26 bits per heavy atom. The molecule has 0 bridgehead atoms. The van der Waals surface area contributed by atoms with E-state index in [4.69, 9.17) is 4.74 Å². The maximum atomic E-state index is 12.2. The highest BCUT2D eigenvalue weighted by Gasteiger charge is 2.22. The predicted octanol–water partition coefficient (Wildman–Crippen LogP) is 2.44. The van der Waals surface area contributed by atoms with Crippen LogP contribution in [0.15, 0.2) is 18.3 Å². The van der Waals surface area contributed by atoms with Gasteiger partial charge in [0, 0.05) is 24.2 Å². The van der Waals surface area contributed by atoms with Crippen molar-refractivity contribution in [1.29, 1.82) is 0 Å². The third-order valence-corrected chi connectivity index (χ3v) is 4.59. The number of aromatic nitrogens is 1. The van der Waals surface area contributed by atoms with E-state index in [2.05, 4.69) is 15.6 Å². The van der Waals surface area contributed by atoms with Crippen LogP contribution in [0, 0.1) is 5.92 Å². The summed E-state index contributed by atoms with van der Waals surface area (Å²) in [5.74, 6) is 0.967. The molecule has 0 spiro atoms. The highest BCUT2D eigenvalue weighted by atomic mass is 35.5. The molecule has 1 aliphatic carbocycles. The number of ether oxygens (including phenoxy) is 1. The molecule has 2 N–H and O–H groups in total. The van der Waals surface area contributed by atoms with E-state index in [0.717, 1.165) is 44.3 Å². The first-order valence-corrected chi connectivity index (χ1v) is 8.42. The fraction of sp³-hybridized carbons (Fsp3) is 0.647. The molecule has 3 rings (SSSR count). The lowest BCUT2D eigenvalue weighted by atomic mass is 9.97. The van der Waals surface area contributed by atoms with Crippen molar-refractivity contribution < 1.29 is 9.53 Å². The van der Waals surface area contributed by atoms with Crippen LogP contribution in [0.4, 0.5) is 0 Å². The second kappa shape index (κ2) is 9.08. The predicted molar refractivity (Wildman–Crippen MR) is 91.8 cm³/mol. The zero-order valence-corrected chi connectivity index (χ0v) is 14.2. The number of hydrogen-bond donors (Lipinski definition) is 2. The number of rotatable bonds is 5. The molecule has 1 saturated heterocycles. The van der Waals surface area contributed by atoms with Gasteiger partial charge in [0.2, 0.25) is 11.8 Å².